The van der Waals surface area contributed by atoms with Gasteiger partial charge in [0, 0.05) is 6.04 Å². The number of aryl methyl sites for hydroxylation is 1. The molecular formula is C23H37NO3SSi. The topological polar surface area (TPSA) is 46.6 Å². The Morgan fingerprint density at radius 1 is 1.21 bits per heavy atom. The summed E-state index contributed by atoms with van der Waals surface area (Å²) in [4.78, 5) is 0.266. The van der Waals surface area contributed by atoms with Crippen LogP contribution >= 0.6 is 0 Å². The van der Waals surface area contributed by atoms with Crippen LogP contribution in [0.25, 0.3) is 0 Å². The molecule has 2 atom stereocenters. The number of hydrogen-bond acceptors (Lipinski definition) is 3. The maximum absolute atomic E-state index is 13.1. The normalized spacial score (nSPS) is 15.4. The molecule has 0 amide bonds. The van der Waals surface area contributed by atoms with Crippen molar-refractivity contribution in [1.82, 2.24) is 4.31 Å². The monoisotopic (exact) mass is 435 g/mol. The van der Waals surface area contributed by atoms with E-state index in [2.05, 4.69) is 39.8 Å². The zero-order valence-electron chi connectivity index (χ0n) is 19.2. The Morgan fingerprint density at radius 2 is 1.76 bits per heavy atom. The molecule has 1 rings (SSSR count). The van der Waals surface area contributed by atoms with Gasteiger partial charge >= 0.3 is 0 Å². The molecule has 162 valence electrons. The van der Waals surface area contributed by atoms with Crippen molar-refractivity contribution in [1.29, 1.82) is 0 Å². The van der Waals surface area contributed by atoms with Gasteiger partial charge in [0.25, 0.3) is 0 Å². The van der Waals surface area contributed by atoms with Gasteiger partial charge in [-0.1, -0.05) is 63.5 Å². The molecule has 0 aliphatic rings. The fourth-order valence-corrected chi connectivity index (χ4v) is 5.12. The third-order valence-electron chi connectivity index (χ3n) is 5.88. The number of benzene rings is 1. The molecule has 0 unspecified atom stereocenters. The van der Waals surface area contributed by atoms with Gasteiger partial charge in [0.05, 0.1) is 18.0 Å². The Morgan fingerprint density at radius 3 is 2.24 bits per heavy atom. The minimum atomic E-state index is -3.66. The van der Waals surface area contributed by atoms with E-state index in [-0.39, 0.29) is 28.4 Å². The third kappa shape index (κ3) is 6.82. The Labute approximate surface area is 179 Å². The van der Waals surface area contributed by atoms with Gasteiger partial charge in [-0.2, -0.15) is 4.31 Å². The van der Waals surface area contributed by atoms with Crippen LogP contribution in [0.15, 0.2) is 41.3 Å². The highest BCUT2D eigenvalue weighted by Crippen LogP contribution is 2.36. The maximum atomic E-state index is 13.1. The maximum Gasteiger partial charge on any atom is 0.244 e. The molecule has 0 spiro atoms. The molecule has 6 heteroatoms. The molecule has 0 aromatic heterocycles. The quantitative estimate of drug-likeness (QED) is 0.303. The van der Waals surface area contributed by atoms with E-state index in [4.69, 9.17) is 10.8 Å². The van der Waals surface area contributed by atoms with Crippen molar-refractivity contribution >= 4 is 18.3 Å². The van der Waals surface area contributed by atoms with E-state index in [9.17, 15) is 8.42 Å². The number of sulfonamides is 1. The smallest absolute Gasteiger partial charge is 0.244 e. The van der Waals surface area contributed by atoms with Crippen LogP contribution in [0.5, 0.6) is 0 Å². The summed E-state index contributed by atoms with van der Waals surface area (Å²) in [5, 5.41) is 0.158. The number of rotatable bonds is 9. The average Bonchev–Trinajstić information content (AvgIpc) is 2.61. The molecule has 0 saturated heterocycles. The molecule has 4 nitrogen and oxygen atoms in total. The van der Waals surface area contributed by atoms with Crippen molar-refractivity contribution < 1.29 is 12.8 Å². The van der Waals surface area contributed by atoms with E-state index in [0.29, 0.717) is 6.61 Å². The van der Waals surface area contributed by atoms with E-state index >= 15 is 0 Å². The van der Waals surface area contributed by atoms with Crippen LogP contribution < -0.4 is 0 Å². The first kappa shape index (κ1) is 25.6. The highest BCUT2D eigenvalue weighted by Gasteiger charge is 2.36. The Bertz CT molecular complexity index is 830. The fraction of sp³-hybridized carbons (Fsp3) is 0.565. The summed E-state index contributed by atoms with van der Waals surface area (Å²) in [6.07, 6.45) is 9.50. The molecule has 0 aliphatic carbocycles. The summed E-state index contributed by atoms with van der Waals surface area (Å²) in [5.74, 6) is 2.49. The number of hydrogen-bond donors (Lipinski definition) is 0. The second-order valence-corrected chi connectivity index (χ2v) is 15.9. The zero-order valence-corrected chi connectivity index (χ0v) is 21.0. The van der Waals surface area contributed by atoms with E-state index in [1.165, 1.54) is 4.31 Å². The largest absolute Gasteiger partial charge is 0.413 e. The molecule has 29 heavy (non-hydrogen) atoms. The number of nitrogens with zero attached hydrogens (tertiary/aromatic N) is 1. The molecule has 0 radical (unpaired) electrons. The molecule has 0 N–H and O–H groups in total. The summed E-state index contributed by atoms with van der Waals surface area (Å²) in [6.45, 7) is 17.5. The van der Waals surface area contributed by atoms with Gasteiger partial charge in [0.15, 0.2) is 8.32 Å². The molecule has 0 heterocycles. The average molecular weight is 436 g/mol. The Kier molecular flexibility index (Phi) is 8.91. The highest BCUT2D eigenvalue weighted by molar-refractivity contribution is 7.89. The van der Waals surface area contributed by atoms with E-state index < -0.39 is 18.3 Å². The lowest BCUT2D eigenvalue weighted by Gasteiger charge is -2.35. The lowest BCUT2D eigenvalue weighted by molar-refractivity contribution is 0.311. The first-order valence-corrected chi connectivity index (χ1v) is 14.4. The van der Waals surface area contributed by atoms with Crippen molar-refractivity contribution in [2.24, 2.45) is 5.92 Å². The van der Waals surface area contributed by atoms with Crippen LogP contribution in [0.3, 0.4) is 0 Å². The summed E-state index contributed by atoms with van der Waals surface area (Å²) >= 11 is 0. The lowest BCUT2D eigenvalue weighted by atomic mass is 10.0. The van der Waals surface area contributed by atoms with Gasteiger partial charge in [0.2, 0.25) is 10.0 Å². The molecule has 0 fully saturated rings. The van der Waals surface area contributed by atoms with Gasteiger partial charge in [0.1, 0.15) is 0 Å². The first-order chi connectivity index (χ1) is 13.2. The van der Waals surface area contributed by atoms with Crippen LogP contribution in [0.2, 0.25) is 18.1 Å². The van der Waals surface area contributed by atoms with Gasteiger partial charge < -0.3 is 4.43 Å². The Hall–Kier alpha value is -1.39. The lowest BCUT2D eigenvalue weighted by Crippen LogP contribution is -2.42. The second kappa shape index (κ2) is 10.1. The molecule has 0 aliphatic heterocycles. The predicted octanol–water partition coefficient (Wildman–Crippen LogP) is 5.22. The highest BCUT2D eigenvalue weighted by atomic mass is 32.2. The number of terminal acetylenes is 1. The van der Waals surface area contributed by atoms with Gasteiger partial charge in [-0.05, 0) is 50.0 Å². The summed E-state index contributed by atoms with van der Waals surface area (Å²) < 4.78 is 33.8. The minimum Gasteiger partial charge on any atom is -0.413 e. The van der Waals surface area contributed by atoms with Crippen molar-refractivity contribution in [2.45, 2.75) is 70.6 Å². The fourth-order valence-electron chi connectivity index (χ4n) is 2.55. The predicted molar refractivity (Wildman–Crippen MR) is 125 cm³/mol. The third-order valence-corrected chi connectivity index (χ3v) is 12.3. The molecular weight excluding hydrogens is 398 g/mol. The van der Waals surface area contributed by atoms with Crippen LogP contribution in [-0.2, 0) is 14.4 Å². The molecule has 0 bridgehead atoms. The van der Waals surface area contributed by atoms with E-state index in [1.807, 2.05) is 32.9 Å². The van der Waals surface area contributed by atoms with Crippen LogP contribution in [0.1, 0.15) is 40.2 Å². The van der Waals surface area contributed by atoms with Crippen molar-refractivity contribution in [3.8, 4) is 12.3 Å². The van der Waals surface area contributed by atoms with Gasteiger partial charge in [-0.15, -0.1) is 6.42 Å². The van der Waals surface area contributed by atoms with Crippen LogP contribution in [0.4, 0.5) is 0 Å². The van der Waals surface area contributed by atoms with Crippen molar-refractivity contribution in [3.63, 3.8) is 0 Å². The first-order valence-electron chi connectivity index (χ1n) is 10.1. The van der Waals surface area contributed by atoms with E-state index in [1.54, 1.807) is 24.3 Å². The van der Waals surface area contributed by atoms with Crippen LogP contribution in [-0.4, -0.2) is 40.2 Å². The van der Waals surface area contributed by atoms with E-state index in [0.717, 1.165) is 5.56 Å². The van der Waals surface area contributed by atoms with Crippen LogP contribution in [0, 0.1) is 25.2 Å². The molecule has 0 saturated carbocycles. The Balaban J connectivity index is 2.92. The SMILES string of the molecule is C#CCN([C@H](C)[C@H](C)/C=C/CO[Si](C)(C)C(C)(C)C)S(=O)(=O)c1ccc(C)cc1. The zero-order chi connectivity index (χ0) is 22.5. The van der Waals surface area contributed by atoms with Gasteiger partial charge in [-0.25, -0.2) is 8.42 Å². The second-order valence-electron chi connectivity index (χ2n) is 9.17. The molecule has 1 aromatic rings. The van der Waals surface area contributed by atoms with Gasteiger partial charge in [-0.3, -0.25) is 0 Å². The minimum absolute atomic E-state index is 0.00779. The summed E-state index contributed by atoms with van der Waals surface area (Å²) in [5.41, 5.74) is 1.01. The summed E-state index contributed by atoms with van der Waals surface area (Å²) in [6, 6.07) is 6.59. The summed E-state index contributed by atoms with van der Waals surface area (Å²) in [7, 11) is -5.47. The van der Waals surface area contributed by atoms with Crippen molar-refractivity contribution in [2.75, 3.05) is 13.2 Å². The molecule has 1 aromatic carbocycles. The standard InChI is InChI=1S/C23H37NO3SSi/c1-10-17-24(28(25,26)22-15-13-19(2)14-16-22)21(4)20(3)12-11-18-27-29(8,9)23(5,6)7/h1,11-16,20-21H,17-18H2,2-9H3/b12-11+/t20-,21-/m1/s1. The van der Waals surface area contributed by atoms with Crippen molar-refractivity contribution in [3.05, 3.63) is 42.0 Å².